The highest BCUT2D eigenvalue weighted by molar-refractivity contribution is 6.13. The van der Waals surface area contributed by atoms with Crippen LogP contribution in [0.3, 0.4) is 0 Å². The van der Waals surface area contributed by atoms with Crippen molar-refractivity contribution in [3.8, 4) is 0 Å². The average molecular weight is 282 g/mol. The van der Waals surface area contributed by atoms with Gasteiger partial charge in [-0.3, -0.25) is 9.59 Å². The number of hydrogen-bond acceptors (Lipinski definition) is 3. The number of Topliss-reactive ketones (excluding diaryl/α,β-unsaturated/α-hetero) is 2. The minimum Gasteiger partial charge on any atom is -0.461 e. The Labute approximate surface area is 112 Å². The standard InChI is InChI=1S/C14H9F3O3/c15-14(16,17)10-5-2-1-4-9(10)11(18)8-12(19)13-6-3-7-20-13/h1-7H,8H2. The van der Waals surface area contributed by atoms with E-state index in [1.807, 2.05) is 0 Å². The van der Waals surface area contributed by atoms with Crippen molar-refractivity contribution in [2.75, 3.05) is 0 Å². The molecule has 0 radical (unpaired) electrons. The van der Waals surface area contributed by atoms with Gasteiger partial charge in [0, 0.05) is 5.56 Å². The van der Waals surface area contributed by atoms with E-state index in [4.69, 9.17) is 4.42 Å². The number of hydrogen-bond donors (Lipinski definition) is 0. The quantitative estimate of drug-likeness (QED) is 0.633. The molecule has 0 fully saturated rings. The maximum Gasteiger partial charge on any atom is 0.417 e. The lowest BCUT2D eigenvalue weighted by Crippen LogP contribution is -2.15. The number of carbonyl (C=O) groups is 2. The van der Waals surface area contributed by atoms with Crippen LogP contribution < -0.4 is 0 Å². The molecule has 0 N–H and O–H groups in total. The molecule has 104 valence electrons. The van der Waals surface area contributed by atoms with E-state index in [2.05, 4.69) is 0 Å². The van der Waals surface area contributed by atoms with E-state index in [0.717, 1.165) is 12.1 Å². The highest BCUT2D eigenvalue weighted by atomic mass is 19.4. The molecule has 3 nitrogen and oxygen atoms in total. The molecule has 0 aliphatic heterocycles. The van der Waals surface area contributed by atoms with Crippen LogP contribution in [0.1, 0.15) is 32.9 Å². The Morgan fingerprint density at radius 1 is 1.00 bits per heavy atom. The van der Waals surface area contributed by atoms with Gasteiger partial charge in [-0.1, -0.05) is 18.2 Å². The lowest BCUT2D eigenvalue weighted by Gasteiger charge is -2.11. The lowest BCUT2D eigenvalue weighted by atomic mass is 9.99. The molecular formula is C14H9F3O3. The smallest absolute Gasteiger partial charge is 0.417 e. The van der Waals surface area contributed by atoms with Crippen LogP contribution in [0, 0.1) is 0 Å². The predicted octanol–water partition coefficient (Wildman–Crippen LogP) is 3.75. The summed E-state index contributed by atoms with van der Waals surface area (Å²) in [4.78, 5) is 23.5. The zero-order chi connectivity index (χ0) is 14.8. The molecule has 0 atom stereocenters. The van der Waals surface area contributed by atoms with E-state index in [-0.39, 0.29) is 5.76 Å². The van der Waals surface area contributed by atoms with E-state index in [1.54, 1.807) is 0 Å². The Bertz CT molecular complexity index is 627. The molecule has 2 rings (SSSR count). The van der Waals surface area contributed by atoms with Crippen molar-refractivity contribution >= 4 is 11.6 Å². The number of benzene rings is 1. The number of ketones is 2. The van der Waals surface area contributed by atoms with Crippen LogP contribution in [0.25, 0.3) is 0 Å². The Morgan fingerprint density at radius 3 is 2.30 bits per heavy atom. The van der Waals surface area contributed by atoms with Crippen molar-refractivity contribution in [2.45, 2.75) is 12.6 Å². The van der Waals surface area contributed by atoms with Crippen LogP contribution in [0.15, 0.2) is 47.1 Å². The summed E-state index contributed by atoms with van der Waals surface area (Å²) in [6, 6.07) is 7.19. The third-order valence-corrected chi connectivity index (χ3v) is 2.65. The molecule has 0 bridgehead atoms. The number of rotatable bonds is 4. The molecule has 1 heterocycles. The van der Waals surface area contributed by atoms with Crippen LogP contribution in [0.4, 0.5) is 13.2 Å². The van der Waals surface area contributed by atoms with Gasteiger partial charge < -0.3 is 4.42 Å². The van der Waals surface area contributed by atoms with Crippen molar-refractivity contribution in [1.82, 2.24) is 0 Å². The minimum atomic E-state index is -4.64. The third kappa shape index (κ3) is 2.96. The fraction of sp³-hybridized carbons (Fsp3) is 0.143. The van der Waals surface area contributed by atoms with E-state index in [0.29, 0.717) is 0 Å². The molecule has 0 aliphatic carbocycles. The average Bonchev–Trinajstić information content (AvgIpc) is 2.91. The maximum absolute atomic E-state index is 12.8. The van der Waals surface area contributed by atoms with Gasteiger partial charge in [0.05, 0.1) is 18.2 Å². The summed E-state index contributed by atoms with van der Waals surface area (Å²) in [7, 11) is 0. The lowest BCUT2D eigenvalue weighted by molar-refractivity contribution is -0.137. The van der Waals surface area contributed by atoms with Gasteiger partial charge in [-0.15, -0.1) is 0 Å². The molecule has 0 saturated heterocycles. The molecule has 20 heavy (non-hydrogen) atoms. The first-order valence-corrected chi connectivity index (χ1v) is 5.65. The van der Waals surface area contributed by atoms with Gasteiger partial charge >= 0.3 is 6.18 Å². The van der Waals surface area contributed by atoms with E-state index >= 15 is 0 Å². The maximum atomic E-state index is 12.8. The van der Waals surface area contributed by atoms with Gasteiger partial charge in [0.2, 0.25) is 5.78 Å². The Hall–Kier alpha value is -2.37. The zero-order valence-electron chi connectivity index (χ0n) is 10.1. The van der Waals surface area contributed by atoms with Gasteiger partial charge in [-0.25, -0.2) is 0 Å². The molecular weight excluding hydrogens is 273 g/mol. The summed E-state index contributed by atoms with van der Waals surface area (Å²) in [5, 5.41) is 0. The monoisotopic (exact) mass is 282 g/mol. The summed E-state index contributed by atoms with van der Waals surface area (Å²) in [6.45, 7) is 0. The van der Waals surface area contributed by atoms with Gasteiger partial charge in [0.15, 0.2) is 11.5 Å². The molecule has 2 aromatic rings. The van der Waals surface area contributed by atoms with Crippen molar-refractivity contribution in [1.29, 1.82) is 0 Å². The normalized spacial score (nSPS) is 11.3. The van der Waals surface area contributed by atoms with Crippen LogP contribution >= 0.6 is 0 Å². The first-order valence-electron chi connectivity index (χ1n) is 5.65. The van der Waals surface area contributed by atoms with Crippen molar-refractivity contribution < 1.29 is 27.2 Å². The summed E-state index contributed by atoms with van der Waals surface area (Å²) in [5.74, 6) is -1.60. The number of furan rings is 1. The largest absolute Gasteiger partial charge is 0.461 e. The Balaban J connectivity index is 2.24. The van der Waals surface area contributed by atoms with E-state index < -0.39 is 35.3 Å². The fourth-order valence-electron chi connectivity index (χ4n) is 1.74. The Kier molecular flexibility index (Phi) is 3.74. The molecule has 0 amide bonds. The first kappa shape index (κ1) is 14.0. The summed E-state index contributed by atoms with van der Waals surface area (Å²) < 4.78 is 43.1. The summed E-state index contributed by atoms with van der Waals surface area (Å²) in [6.07, 6.45) is -4.05. The summed E-state index contributed by atoms with van der Waals surface area (Å²) >= 11 is 0. The number of halogens is 3. The van der Waals surface area contributed by atoms with Crippen molar-refractivity contribution in [3.63, 3.8) is 0 Å². The second-order valence-corrected chi connectivity index (χ2v) is 4.04. The molecule has 0 unspecified atom stereocenters. The number of carbonyl (C=O) groups excluding carboxylic acids is 2. The van der Waals surface area contributed by atoms with Crippen LogP contribution in [0.5, 0.6) is 0 Å². The molecule has 0 aliphatic rings. The highest BCUT2D eigenvalue weighted by Gasteiger charge is 2.35. The second kappa shape index (κ2) is 5.32. The van der Waals surface area contributed by atoms with Crippen LogP contribution in [-0.4, -0.2) is 11.6 Å². The Morgan fingerprint density at radius 2 is 1.70 bits per heavy atom. The SMILES string of the molecule is O=C(CC(=O)c1ccccc1C(F)(F)F)c1ccco1. The van der Waals surface area contributed by atoms with Gasteiger partial charge in [-0.05, 0) is 18.2 Å². The summed E-state index contributed by atoms with van der Waals surface area (Å²) in [5.41, 5.74) is -1.56. The third-order valence-electron chi connectivity index (χ3n) is 2.65. The van der Waals surface area contributed by atoms with Crippen molar-refractivity contribution in [3.05, 3.63) is 59.5 Å². The molecule has 6 heteroatoms. The topological polar surface area (TPSA) is 47.3 Å². The van der Waals surface area contributed by atoms with E-state index in [9.17, 15) is 22.8 Å². The van der Waals surface area contributed by atoms with Crippen LogP contribution in [0.2, 0.25) is 0 Å². The molecule has 1 aromatic carbocycles. The van der Waals surface area contributed by atoms with Crippen LogP contribution in [-0.2, 0) is 6.18 Å². The fourth-order valence-corrected chi connectivity index (χ4v) is 1.74. The van der Waals surface area contributed by atoms with E-state index in [1.165, 1.54) is 30.5 Å². The zero-order valence-corrected chi connectivity index (χ0v) is 10.1. The minimum absolute atomic E-state index is 0.0529. The molecule has 1 aromatic heterocycles. The van der Waals surface area contributed by atoms with Gasteiger partial charge in [-0.2, -0.15) is 13.2 Å². The van der Waals surface area contributed by atoms with Gasteiger partial charge in [0.1, 0.15) is 0 Å². The molecule has 0 spiro atoms. The molecule has 0 saturated carbocycles. The second-order valence-electron chi connectivity index (χ2n) is 4.04. The van der Waals surface area contributed by atoms with Gasteiger partial charge in [0.25, 0.3) is 0 Å². The predicted molar refractivity (Wildman–Crippen MR) is 63.4 cm³/mol. The number of alkyl halides is 3. The first-order chi connectivity index (χ1) is 9.39. The van der Waals surface area contributed by atoms with Crippen molar-refractivity contribution in [2.24, 2.45) is 0 Å². The highest BCUT2D eigenvalue weighted by Crippen LogP contribution is 2.32.